The van der Waals surface area contributed by atoms with E-state index < -0.39 is 0 Å². The van der Waals surface area contributed by atoms with Gasteiger partial charge >= 0.3 is 0 Å². The Kier molecular flexibility index (Phi) is 19.6. The van der Waals surface area contributed by atoms with Gasteiger partial charge in [-0.15, -0.1) is 0 Å². The minimum Gasteiger partial charge on any atom is -0.370 e. The van der Waals surface area contributed by atoms with Gasteiger partial charge in [-0.1, -0.05) is 75.2 Å². The van der Waals surface area contributed by atoms with Crippen LogP contribution < -0.4 is 5.73 Å². The minimum atomic E-state index is -0.187. The molecule has 2 heterocycles. The lowest BCUT2D eigenvalue weighted by Crippen LogP contribution is -2.37. The van der Waals surface area contributed by atoms with Gasteiger partial charge in [0.1, 0.15) is 0 Å². The molecule has 4 rings (SSSR count). The van der Waals surface area contributed by atoms with Crippen LogP contribution >= 0.6 is 43.5 Å². The number of allylic oxidation sites excluding steroid dienone is 3. The molecule has 3 N–H and O–H groups in total. The van der Waals surface area contributed by atoms with Crippen LogP contribution in [0.5, 0.6) is 0 Å². The van der Waals surface area contributed by atoms with Gasteiger partial charge in [0.15, 0.2) is 6.71 Å². The van der Waals surface area contributed by atoms with Gasteiger partial charge in [0, 0.05) is 41.0 Å². The van der Waals surface area contributed by atoms with Gasteiger partial charge in [0.25, 0.3) is 0 Å². The molecule has 0 spiro atoms. The molecule has 1 aromatic carbocycles. The summed E-state index contributed by atoms with van der Waals surface area (Å²) in [5, 5.41) is 7.21. The number of hydrogen-bond donors (Lipinski definition) is 2. The molecule has 9 heteroatoms. The third-order valence-electron chi connectivity index (χ3n) is 7.75. The highest BCUT2D eigenvalue weighted by Crippen LogP contribution is 2.32. The van der Waals surface area contributed by atoms with Gasteiger partial charge in [-0.2, -0.15) is 0 Å². The molecule has 41 heavy (non-hydrogen) atoms. The number of nitrogens with zero attached hydrogens (tertiary/aromatic N) is 1. The summed E-state index contributed by atoms with van der Waals surface area (Å²) in [5.41, 5.74) is 9.55. The van der Waals surface area contributed by atoms with Gasteiger partial charge < -0.3 is 16.0 Å². The lowest BCUT2D eigenvalue weighted by molar-refractivity contribution is -0.133. The van der Waals surface area contributed by atoms with E-state index in [0.29, 0.717) is 35.8 Å². The van der Waals surface area contributed by atoms with Crippen molar-refractivity contribution in [1.82, 2.24) is 4.90 Å². The Bertz CT molecular complexity index is 1020. The molecule has 0 bridgehead atoms. The average Bonchev–Trinajstić information content (AvgIpc) is 2.96. The highest BCUT2D eigenvalue weighted by molar-refractivity contribution is 9.12. The maximum absolute atomic E-state index is 12.2. The molecule has 0 radical (unpaired) electrons. The summed E-state index contributed by atoms with van der Waals surface area (Å²) >= 11 is 12.6. The molecule has 5 nitrogen and oxygen atoms in total. The minimum absolute atomic E-state index is 0.187. The van der Waals surface area contributed by atoms with Crippen molar-refractivity contribution in [2.45, 2.75) is 104 Å². The van der Waals surface area contributed by atoms with E-state index in [9.17, 15) is 9.59 Å². The van der Waals surface area contributed by atoms with Crippen LogP contribution in [-0.2, 0) is 22.4 Å². The topological polar surface area (TPSA) is 87.2 Å². The predicted molar refractivity (Wildman–Crippen MR) is 185 cm³/mol. The van der Waals surface area contributed by atoms with E-state index in [1.165, 1.54) is 36.0 Å². The zero-order chi connectivity index (χ0) is 30.8. The monoisotopic (exact) mass is 711 g/mol. The maximum Gasteiger partial charge on any atom is 0.222 e. The Morgan fingerprint density at radius 2 is 1.76 bits per heavy atom. The standard InChI is InChI=1S/C14H25BN2O2.C13H14BrCl.C3H4BrN.C2H6/c16-13(18)11-15-6-4-12(5-7-15)10-14(19)17-8-2-1-3-9-17;1-9-3-2-4-11-10(6-5-9)7-8-12(15)13(11)14;1-3(4)2-5;1-2/h12H,1-11H2,(H2,16,18);5,7-8H,2-4,6H2,1H3;2,5H,1H2;1-2H3/b;9-5-;;. The third-order valence-corrected chi connectivity index (χ3v) is 9.42. The Hall–Kier alpha value is -1.38. The Balaban J connectivity index is 0.000000341. The lowest BCUT2D eigenvalue weighted by Gasteiger charge is -2.30. The van der Waals surface area contributed by atoms with Crippen molar-refractivity contribution >= 4 is 68.2 Å². The molecule has 3 aliphatic rings. The number of amides is 2. The lowest BCUT2D eigenvalue weighted by atomic mass is 9.38. The second kappa shape index (κ2) is 21.3. The first-order chi connectivity index (χ1) is 19.6. The first-order valence-electron chi connectivity index (χ1n) is 15.1. The van der Waals surface area contributed by atoms with Gasteiger partial charge in [0.2, 0.25) is 11.8 Å². The van der Waals surface area contributed by atoms with Crippen LogP contribution in [0.15, 0.2) is 39.3 Å². The number of hydrogen-bond acceptors (Lipinski definition) is 3. The first-order valence-corrected chi connectivity index (χ1v) is 17.1. The zero-order valence-corrected chi connectivity index (χ0v) is 29.2. The second-order valence-electron chi connectivity index (χ2n) is 10.9. The number of benzene rings is 1. The molecule has 2 fully saturated rings. The van der Waals surface area contributed by atoms with E-state index in [-0.39, 0.29) is 5.91 Å². The van der Waals surface area contributed by atoms with Crippen LogP contribution in [0.4, 0.5) is 0 Å². The number of nitrogens with two attached hydrogens (primary N) is 1. The molecular formula is C32H49BBr2ClN3O2. The van der Waals surface area contributed by atoms with E-state index in [4.69, 9.17) is 22.7 Å². The van der Waals surface area contributed by atoms with E-state index in [1.807, 2.05) is 24.8 Å². The maximum atomic E-state index is 12.2. The SMILES string of the molecule is C/C1=C/Cc2ccc(Cl)c(Br)c2CCC1.C=C(Br)C=N.CC.NC(=O)CB1CCC(CC(=O)N2CCCCC2)CC1. The van der Waals surface area contributed by atoms with Crippen LogP contribution in [0.2, 0.25) is 24.0 Å². The number of halogens is 3. The molecule has 228 valence electrons. The number of carbonyl (C=O) groups excluding carboxylic acids is 2. The van der Waals surface area contributed by atoms with Crippen molar-refractivity contribution in [3.8, 4) is 0 Å². The highest BCUT2D eigenvalue weighted by Gasteiger charge is 2.28. The molecular weight excluding hydrogens is 664 g/mol. The van der Waals surface area contributed by atoms with E-state index in [1.54, 1.807) is 0 Å². The molecule has 0 aromatic heterocycles. The van der Waals surface area contributed by atoms with E-state index in [0.717, 1.165) is 80.0 Å². The van der Waals surface area contributed by atoms with Crippen LogP contribution in [0, 0.1) is 11.3 Å². The summed E-state index contributed by atoms with van der Waals surface area (Å²) in [7, 11) is 0. The molecule has 2 aliphatic heterocycles. The van der Waals surface area contributed by atoms with Crippen LogP contribution in [0.1, 0.15) is 83.3 Å². The van der Waals surface area contributed by atoms with Gasteiger partial charge in [-0.05, 0) is 107 Å². The van der Waals surface area contributed by atoms with Crippen molar-refractivity contribution in [2.24, 2.45) is 11.7 Å². The highest BCUT2D eigenvalue weighted by atomic mass is 79.9. The van der Waals surface area contributed by atoms with Crippen molar-refractivity contribution in [3.63, 3.8) is 0 Å². The number of piperidine rings is 1. The van der Waals surface area contributed by atoms with Crippen molar-refractivity contribution < 1.29 is 9.59 Å². The Morgan fingerprint density at radius 3 is 2.32 bits per heavy atom. The number of likely N-dealkylation sites (tertiary alicyclic amines) is 1. The first kappa shape index (κ1) is 37.7. The van der Waals surface area contributed by atoms with Crippen LogP contribution in [0.3, 0.4) is 0 Å². The molecule has 0 unspecified atom stereocenters. The fourth-order valence-electron chi connectivity index (χ4n) is 5.47. The van der Waals surface area contributed by atoms with Crippen molar-refractivity contribution in [1.29, 1.82) is 5.41 Å². The number of rotatable bonds is 5. The fraction of sp³-hybridized carbons (Fsp3) is 0.594. The molecule has 1 aromatic rings. The molecule has 2 amide bonds. The predicted octanol–water partition coefficient (Wildman–Crippen LogP) is 9.28. The number of carbonyl (C=O) groups is 2. The summed E-state index contributed by atoms with van der Waals surface area (Å²) < 4.78 is 1.70. The largest absolute Gasteiger partial charge is 0.370 e. The number of nitrogens with one attached hydrogen (secondary N) is 1. The number of fused-ring (bicyclic) bond motifs is 1. The normalized spacial score (nSPS) is 18.1. The fourth-order valence-corrected chi connectivity index (χ4v) is 6.23. The van der Waals surface area contributed by atoms with Gasteiger partial charge in [0.05, 0.1) is 5.02 Å². The Labute approximate surface area is 271 Å². The molecule has 1 aliphatic carbocycles. The quantitative estimate of drug-likeness (QED) is 0.181. The average molecular weight is 714 g/mol. The summed E-state index contributed by atoms with van der Waals surface area (Å²) in [4.78, 5) is 25.1. The summed E-state index contributed by atoms with van der Waals surface area (Å²) in [6, 6.07) is 4.13. The summed E-state index contributed by atoms with van der Waals surface area (Å²) in [5.74, 6) is 0.685. The van der Waals surface area contributed by atoms with Gasteiger partial charge in [-0.3, -0.25) is 9.59 Å². The molecule has 2 saturated heterocycles. The molecule has 0 atom stereocenters. The van der Waals surface area contributed by atoms with Crippen molar-refractivity contribution in [3.05, 3.63) is 55.5 Å². The summed E-state index contributed by atoms with van der Waals surface area (Å²) in [6.07, 6.45) is 17.2. The third kappa shape index (κ3) is 15.1. The van der Waals surface area contributed by atoms with Crippen molar-refractivity contribution in [2.75, 3.05) is 13.1 Å². The molecule has 0 saturated carbocycles. The zero-order valence-electron chi connectivity index (χ0n) is 25.3. The smallest absolute Gasteiger partial charge is 0.222 e. The second-order valence-corrected chi connectivity index (χ2v) is 13.1. The van der Waals surface area contributed by atoms with Gasteiger partial charge in [-0.25, -0.2) is 0 Å². The van der Waals surface area contributed by atoms with Crippen LogP contribution in [0.25, 0.3) is 0 Å². The van der Waals surface area contributed by atoms with E-state index >= 15 is 0 Å². The van der Waals surface area contributed by atoms with E-state index in [2.05, 4.69) is 57.5 Å². The van der Waals surface area contributed by atoms with Crippen LogP contribution in [-0.4, -0.2) is 42.7 Å². The Morgan fingerprint density at radius 1 is 1.15 bits per heavy atom. The number of primary amides is 1. The summed E-state index contributed by atoms with van der Waals surface area (Å²) in [6.45, 7) is 11.9.